The number of methoxy groups -OCH3 is 1. The van der Waals surface area contributed by atoms with Crippen LogP contribution in [0.4, 0.5) is 4.39 Å². The standard InChI is InChI=1S/C14H21FN2O/c1-18-14-6-3-11(9-13(14)15)10-17(8-2-7-16)12-4-5-12/h3,6,9,12H,2,4-5,7-8,10,16H2,1H3. The van der Waals surface area contributed by atoms with Gasteiger partial charge < -0.3 is 10.5 Å². The molecule has 0 atom stereocenters. The van der Waals surface area contributed by atoms with E-state index in [1.54, 1.807) is 12.1 Å². The summed E-state index contributed by atoms with van der Waals surface area (Å²) >= 11 is 0. The molecule has 0 heterocycles. The molecule has 0 bridgehead atoms. The highest BCUT2D eigenvalue weighted by Crippen LogP contribution is 2.29. The van der Waals surface area contributed by atoms with Gasteiger partial charge in [0, 0.05) is 12.6 Å². The number of rotatable bonds is 7. The lowest BCUT2D eigenvalue weighted by atomic mass is 10.2. The second-order valence-corrected chi connectivity index (χ2v) is 4.81. The van der Waals surface area contributed by atoms with Crippen LogP contribution in [0.25, 0.3) is 0 Å². The Balaban J connectivity index is 1.99. The highest BCUT2D eigenvalue weighted by atomic mass is 19.1. The van der Waals surface area contributed by atoms with E-state index in [2.05, 4.69) is 4.90 Å². The van der Waals surface area contributed by atoms with Gasteiger partial charge in [-0.2, -0.15) is 0 Å². The van der Waals surface area contributed by atoms with Crippen molar-refractivity contribution in [2.75, 3.05) is 20.2 Å². The Hall–Kier alpha value is -1.13. The van der Waals surface area contributed by atoms with Crippen molar-refractivity contribution in [3.63, 3.8) is 0 Å². The van der Waals surface area contributed by atoms with Crippen molar-refractivity contribution < 1.29 is 9.13 Å². The molecular weight excluding hydrogens is 231 g/mol. The number of hydrogen-bond donors (Lipinski definition) is 1. The predicted molar refractivity (Wildman–Crippen MR) is 70.1 cm³/mol. The van der Waals surface area contributed by atoms with Gasteiger partial charge in [-0.1, -0.05) is 6.07 Å². The van der Waals surface area contributed by atoms with Gasteiger partial charge in [-0.05, 0) is 50.0 Å². The molecule has 18 heavy (non-hydrogen) atoms. The van der Waals surface area contributed by atoms with Crippen LogP contribution in [-0.2, 0) is 6.54 Å². The van der Waals surface area contributed by atoms with Gasteiger partial charge in [0.2, 0.25) is 0 Å². The third kappa shape index (κ3) is 3.43. The first-order valence-electron chi connectivity index (χ1n) is 6.51. The van der Waals surface area contributed by atoms with Crippen molar-refractivity contribution >= 4 is 0 Å². The quantitative estimate of drug-likeness (QED) is 0.808. The number of nitrogens with two attached hydrogens (primary N) is 1. The lowest BCUT2D eigenvalue weighted by Gasteiger charge is -2.21. The Morgan fingerprint density at radius 3 is 2.78 bits per heavy atom. The maximum atomic E-state index is 13.6. The van der Waals surface area contributed by atoms with Crippen LogP contribution in [0, 0.1) is 5.82 Å². The highest BCUT2D eigenvalue weighted by molar-refractivity contribution is 5.29. The van der Waals surface area contributed by atoms with Crippen LogP contribution in [0.5, 0.6) is 5.75 Å². The minimum absolute atomic E-state index is 0.287. The summed E-state index contributed by atoms with van der Waals surface area (Å²) in [4.78, 5) is 2.40. The van der Waals surface area contributed by atoms with E-state index in [4.69, 9.17) is 10.5 Å². The van der Waals surface area contributed by atoms with Crippen LogP contribution in [0.3, 0.4) is 0 Å². The van der Waals surface area contributed by atoms with E-state index in [1.165, 1.54) is 20.0 Å². The van der Waals surface area contributed by atoms with Crippen LogP contribution in [0.15, 0.2) is 18.2 Å². The van der Waals surface area contributed by atoms with Crippen LogP contribution >= 0.6 is 0 Å². The summed E-state index contributed by atoms with van der Waals surface area (Å²) in [6.45, 7) is 2.50. The van der Waals surface area contributed by atoms with Crippen molar-refractivity contribution in [2.24, 2.45) is 5.73 Å². The molecule has 1 aromatic carbocycles. The molecule has 0 amide bonds. The molecule has 2 rings (SSSR count). The van der Waals surface area contributed by atoms with Crippen molar-refractivity contribution in [2.45, 2.75) is 31.8 Å². The Morgan fingerprint density at radius 1 is 1.44 bits per heavy atom. The molecule has 0 unspecified atom stereocenters. The van der Waals surface area contributed by atoms with E-state index >= 15 is 0 Å². The van der Waals surface area contributed by atoms with E-state index in [-0.39, 0.29) is 5.82 Å². The predicted octanol–water partition coefficient (Wildman–Crippen LogP) is 2.15. The average Bonchev–Trinajstić information content (AvgIpc) is 3.19. The smallest absolute Gasteiger partial charge is 0.165 e. The Bertz CT molecular complexity index is 393. The zero-order chi connectivity index (χ0) is 13.0. The molecule has 4 heteroatoms. The zero-order valence-electron chi connectivity index (χ0n) is 10.9. The third-order valence-electron chi connectivity index (χ3n) is 3.31. The Kier molecular flexibility index (Phi) is 4.55. The maximum absolute atomic E-state index is 13.6. The van der Waals surface area contributed by atoms with E-state index in [9.17, 15) is 4.39 Å². The first-order chi connectivity index (χ1) is 8.74. The number of hydrogen-bond acceptors (Lipinski definition) is 3. The summed E-state index contributed by atoms with van der Waals surface area (Å²) in [6.07, 6.45) is 3.50. The van der Waals surface area contributed by atoms with Crippen LogP contribution < -0.4 is 10.5 Å². The SMILES string of the molecule is COc1ccc(CN(CCCN)C2CC2)cc1F. The normalized spacial score (nSPS) is 15.1. The molecule has 1 aliphatic carbocycles. The molecule has 0 saturated heterocycles. The first kappa shape index (κ1) is 13.3. The van der Waals surface area contributed by atoms with Gasteiger partial charge in [0.25, 0.3) is 0 Å². The third-order valence-corrected chi connectivity index (χ3v) is 3.31. The minimum atomic E-state index is -0.287. The Labute approximate surface area is 108 Å². The first-order valence-corrected chi connectivity index (χ1v) is 6.51. The van der Waals surface area contributed by atoms with Crippen molar-refractivity contribution in [1.82, 2.24) is 4.90 Å². The fourth-order valence-corrected chi connectivity index (χ4v) is 2.17. The lowest BCUT2D eigenvalue weighted by molar-refractivity contribution is 0.252. The molecule has 1 aliphatic rings. The number of benzene rings is 1. The number of nitrogens with zero attached hydrogens (tertiary/aromatic N) is 1. The molecule has 0 spiro atoms. The summed E-state index contributed by atoms with van der Waals surface area (Å²) in [5, 5.41) is 0. The molecule has 1 fully saturated rings. The van der Waals surface area contributed by atoms with E-state index in [0.29, 0.717) is 18.3 Å². The summed E-state index contributed by atoms with van der Waals surface area (Å²) in [5.74, 6) is 0.0169. The summed E-state index contributed by atoms with van der Waals surface area (Å²) in [7, 11) is 1.48. The lowest BCUT2D eigenvalue weighted by Crippen LogP contribution is -2.28. The fraction of sp³-hybridized carbons (Fsp3) is 0.571. The fourth-order valence-electron chi connectivity index (χ4n) is 2.17. The number of ether oxygens (including phenoxy) is 1. The summed E-state index contributed by atoms with van der Waals surface area (Å²) < 4.78 is 18.5. The molecule has 1 aromatic rings. The molecule has 100 valence electrons. The van der Waals surface area contributed by atoms with Gasteiger partial charge in [0.1, 0.15) is 0 Å². The van der Waals surface area contributed by atoms with Gasteiger partial charge in [0.05, 0.1) is 7.11 Å². The van der Waals surface area contributed by atoms with E-state index < -0.39 is 0 Å². The molecule has 2 N–H and O–H groups in total. The molecule has 3 nitrogen and oxygen atoms in total. The van der Waals surface area contributed by atoms with Crippen LogP contribution in [0.1, 0.15) is 24.8 Å². The van der Waals surface area contributed by atoms with Crippen LogP contribution in [0.2, 0.25) is 0 Å². The minimum Gasteiger partial charge on any atom is -0.494 e. The average molecular weight is 252 g/mol. The topological polar surface area (TPSA) is 38.5 Å². The zero-order valence-corrected chi connectivity index (χ0v) is 10.9. The van der Waals surface area contributed by atoms with Crippen molar-refractivity contribution in [3.05, 3.63) is 29.6 Å². The summed E-state index contributed by atoms with van der Waals surface area (Å²) in [6, 6.07) is 5.86. The molecule has 0 aliphatic heterocycles. The largest absolute Gasteiger partial charge is 0.494 e. The molecule has 0 radical (unpaired) electrons. The van der Waals surface area contributed by atoms with Gasteiger partial charge in [-0.15, -0.1) is 0 Å². The number of halogens is 1. The van der Waals surface area contributed by atoms with Crippen molar-refractivity contribution in [3.8, 4) is 5.75 Å². The van der Waals surface area contributed by atoms with Crippen molar-refractivity contribution in [1.29, 1.82) is 0 Å². The van der Waals surface area contributed by atoms with Crippen LogP contribution in [-0.4, -0.2) is 31.1 Å². The van der Waals surface area contributed by atoms with Gasteiger partial charge >= 0.3 is 0 Å². The van der Waals surface area contributed by atoms with E-state index in [1.807, 2.05) is 6.07 Å². The van der Waals surface area contributed by atoms with Gasteiger partial charge in [-0.25, -0.2) is 4.39 Å². The second kappa shape index (κ2) is 6.16. The Morgan fingerprint density at radius 2 is 2.22 bits per heavy atom. The van der Waals surface area contributed by atoms with E-state index in [0.717, 1.165) is 25.1 Å². The van der Waals surface area contributed by atoms with Gasteiger partial charge in [-0.3, -0.25) is 4.90 Å². The second-order valence-electron chi connectivity index (χ2n) is 4.81. The molecule has 1 saturated carbocycles. The maximum Gasteiger partial charge on any atom is 0.165 e. The summed E-state index contributed by atoms with van der Waals surface area (Å²) in [5.41, 5.74) is 6.55. The molecule has 0 aromatic heterocycles. The molecular formula is C14H21FN2O. The highest BCUT2D eigenvalue weighted by Gasteiger charge is 2.28. The monoisotopic (exact) mass is 252 g/mol. The van der Waals surface area contributed by atoms with Gasteiger partial charge in [0.15, 0.2) is 11.6 Å².